The quantitative estimate of drug-likeness (QED) is 0.682. The number of fused-ring (bicyclic) bond motifs is 1. The number of piperidine rings is 1. The van der Waals surface area contributed by atoms with E-state index in [1.165, 1.54) is 11.0 Å². The maximum Gasteiger partial charge on any atom is 0.255 e. The lowest BCUT2D eigenvalue weighted by molar-refractivity contribution is -0.136. The molecule has 1 aromatic heterocycles. The van der Waals surface area contributed by atoms with Crippen molar-refractivity contribution in [2.24, 2.45) is 0 Å². The summed E-state index contributed by atoms with van der Waals surface area (Å²) in [4.78, 5) is 42.2. The first-order valence-electron chi connectivity index (χ1n) is 11.0. The van der Waals surface area contributed by atoms with Gasteiger partial charge in [0.2, 0.25) is 11.8 Å². The van der Waals surface area contributed by atoms with E-state index >= 15 is 4.39 Å². The molecule has 0 spiro atoms. The van der Waals surface area contributed by atoms with E-state index in [-0.39, 0.29) is 36.8 Å². The van der Waals surface area contributed by atoms with E-state index in [1.54, 1.807) is 25.5 Å². The first-order chi connectivity index (χ1) is 15.9. The number of nitrogens with zero attached hydrogens (tertiary/aromatic N) is 3. The van der Waals surface area contributed by atoms with Gasteiger partial charge in [0.05, 0.1) is 25.6 Å². The Morgan fingerprint density at radius 1 is 1.18 bits per heavy atom. The van der Waals surface area contributed by atoms with Crippen LogP contribution in [0.15, 0.2) is 28.9 Å². The summed E-state index contributed by atoms with van der Waals surface area (Å²) in [7, 11) is 1.61. The van der Waals surface area contributed by atoms with E-state index in [0.29, 0.717) is 36.6 Å². The largest absolute Gasteiger partial charge is 0.493 e. The van der Waals surface area contributed by atoms with Crippen molar-refractivity contribution >= 4 is 23.4 Å². The molecule has 10 heteroatoms. The third kappa shape index (κ3) is 3.95. The predicted octanol–water partition coefficient (Wildman–Crippen LogP) is 1.51. The second kappa shape index (κ2) is 8.51. The van der Waals surface area contributed by atoms with Gasteiger partial charge in [0, 0.05) is 50.8 Å². The highest BCUT2D eigenvalue weighted by molar-refractivity contribution is 6.05. The second-order valence-electron chi connectivity index (χ2n) is 8.54. The Balaban J connectivity index is 1.27. The molecule has 33 heavy (non-hydrogen) atoms. The number of methoxy groups -OCH3 is 1. The number of ether oxygens (including phenoxy) is 1. The van der Waals surface area contributed by atoms with Gasteiger partial charge in [-0.25, -0.2) is 4.39 Å². The zero-order chi connectivity index (χ0) is 23.1. The Kier molecular flexibility index (Phi) is 5.53. The first kappa shape index (κ1) is 21.4. The Labute approximate surface area is 190 Å². The van der Waals surface area contributed by atoms with Crippen molar-refractivity contribution in [2.75, 3.05) is 38.2 Å². The van der Waals surface area contributed by atoms with Crippen LogP contribution in [0.25, 0.3) is 0 Å². The molecular weight excluding hydrogens is 431 g/mol. The number of rotatable bonds is 5. The lowest BCUT2D eigenvalue weighted by atomic mass is 10.0. The molecule has 1 atom stereocenters. The molecule has 174 valence electrons. The molecule has 1 N–H and O–H groups in total. The summed E-state index contributed by atoms with van der Waals surface area (Å²) in [6.07, 6.45) is 2.07. The zero-order valence-electron chi connectivity index (χ0n) is 18.3. The normalized spacial score (nSPS) is 21.4. The Morgan fingerprint density at radius 2 is 1.97 bits per heavy atom. The van der Waals surface area contributed by atoms with Crippen LogP contribution >= 0.6 is 0 Å². The summed E-state index contributed by atoms with van der Waals surface area (Å²) in [6, 6.07) is 4.07. The number of hydrogen-bond donors (Lipinski definition) is 1. The molecule has 0 saturated carbocycles. The van der Waals surface area contributed by atoms with E-state index in [0.717, 1.165) is 18.8 Å². The molecule has 4 heterocycles. The summed E-state index contributed by atoms with van der Waals surface area (Å²) in [5.41, 5.74) is 1.44. The third-order valence-corrected chi connectivity index (χ3v) is 6.60. The number of piperazine rings is 1. The van der Waals surface area contributed by atoms with Gasteiger partial charge < -0.3 is 19.0 Å². The van der Waals surface area contributed by atoms with Crippen molar-refractivity contribution in [1.82, 2.24) is 15.1 Å². The average Bonchev–Trinajstić information content (AvgIpc) is 3.38. The Morgan fingerprint density at radius 3 is 2.70 bits per heavy atom. The SMILES string of the molecule is COc1ccoc1CN1CCN(c2cc3c(cc2F)C(=O)N(C2CCC(=O)NC2=O)C3)CC1. The smallest absolute Gasteiger partial charge is 0.255 e. The molecule has 2 saturated heterocycles. The fraction of sp³-hybridized carbons (Fsp3) is 0.435. The predicted molar refractivity (Wildman–Crippen MR) is 115 cm³/mol. The van der Waals surface area contributed by atoms with Gasteiger partial charge in [0.15, 0.2) is 11.5 Å². The zero-order valence-corrected chi connectivity index (χ0v) is 18.3. The number of hydrogen-bond acceptors (Lipinski definition) is 7. The van der Waals surface area contributed by atoms with Crippen LogP contribution in [0.5, 0.6) is 5.75 Å². The number of amides is 3. The fourth-order valence-electron chi connectivity index (χ4n) is 4.79. The monoisotopic (exact) mass is 456 g/mol. The van der Waals surface area contributed by atoms with Gasteiger partial charge in [-0.3, -0.25) is 24.6 Å². The summed E-state index contributed by atoms with van der Waals surface area (Å²) in [6.45, 7) is 3.55. The van der Waals surface area contributed by atoms with Crippen LogP contribution in [0, 0.1) is 5.82 Å². The van der Waals surface area contributed by atoms with E-state index in [2.05, 4.69) is 10.2 Å². The number of carbonyl (C=O) groups excluding carboxylic acids is 3. The van der Waals surface area contributed by atoms with E-state index in [9.17, 15) is 14.4 Å². The summed E-state index contributed by atoms with van der Waals surface area (Å²) >= 11 is 0. The summed E-state index contributed by atoms with van der Waals surface area (Å²) < 4.78 is 25.8. The maximum atomic E-state index is 15.0. The number of nitrogens with one attached hydrogen (secondary N) is 1. The molecule has 2 aromatic rings. The second-order valence-corrected chi connectivity index (χ2v) is 8.54. The minimum absolute atomic E-state index is 0.185. The molecule has 3 aliphatic heterocycles. The fourth-order valence-corrected chi connectivity index (χ4v) is 4.79. The molecule has 0 radical (unpaired) electrons. The Bertz CT molecular complexity index is 1110. The molecule has 2 fully saturated rings. The lowest BCUT2D eigenvalue weighted by Gasteiger charge is -2.36. The van der Waals surface area contributed by atoms with Gasteiger partial charge in [-0.15, -0.1) is 0 Å². The molecule has 0 bridgehead atoms. The van der Waals surface area contributed by atoms with Crippen molar-refractivity contribution in [3.8, 4) is 5.75 Å². The molecule has 3 aliphatic rings. The van der Waals surface area contributed by atoms with Crippen molar-refractivity contribution in [3.05, 3.63) is 47.2 Å². The number of furan rings is 1. The average molecular weight is 456 g/mol. The van der Waals surface area contributed by atoms with E-state index < -0.39 is 17.8 Å². The lowest BCUT2D eigenvalue weighted by Crippen LogP contribution is -2.52. The van der Waals surface area contributed by atoms with Gasteiger partial charge in [-0.1, -0.05) is 0 Å². The van der Waals surface area contributed by atoms with Crippen LogP contribution in [-0.2, 0) is 22.7 Å². The van der Waals surface area contributed by atoms with Gasteiger partial charge in [-0.2, -0.15) is 0 Å². The van der Waals surface area contributed by atoms with Crippen LogP contribution in [0.4, 0.5) is 10.1 Å². The molecule has 1 unspecified atom stereocenters. The molecule has 9 nitrogen and oxygen atoms in total. The van der Waals surface area contributed by atoms with E-state index in [4.69, 9.17) is 9.15 Å². The van der Waals surface area contributed by atoms with Crippen molar-refractivity contribution in [2.45, 2.75) is 32.0 Å². The molecule has 1 aromatic carbocycles. The van der Waals surface area contributed by atoms with Crippen LogP contribution in [-0.4, -0.2) is 66.9 Å². The molecule has 5 rings (SSSR count). The molecular formula is C23H25FN4O5. The van der Waals surface area contributed by atoms with Gasteiger partial charge in [0.1, 0.15) is 11.9 Å². The summed E-state index contributed by atoms with van der Waals surface area (Å²) in [5, 5.41) is 2.28. The third-order valence-electron chi connectivity index (χ3n) is 6.60. The standard InChI is InChI=1S/C23H25FN4O5/c1-32-19-4-9-33-20(19)13-26-5-7-27(8-6-26)18-10-14-12-28(23(31)15(14)11-16(18)24)17-2-3-21(29)25-22(17)30/h4,9-11,17H,2-3,5-8,12-13H2,1H3,(H,25,29,30). The van der Waals surface area contributed by atoms with Crippen molar-refractivity contribution in [3.63, 3.8) is 0 Å². The highest BCUT2D eigenvalue weighted by atomic mass is 19.1. The van der Waals surface area contributed by atoms with Crippen LogP contribution < -0.4 is 15.0 Å². The van der Waals surface area contributed by atoms with Crippen molar-refractivity contribution in [1.29, 1.82) is 0 Å². The number of benzene rings is 1. The minimum atomic E-state index is -0.712. The number of imide groups is 1. The summed E-state index contributed by atoms with van der Waals surface area (Å²) in [5.74, 6) is -0.152. The van der Waals surface area contributed by atoms with Crippen LogP contribution in [0.2, 0.25) is 0 Å². The number of anilines is 1. The highest BCUT2D eigenvalue weighted by Gasteiger charge is 2.40. The van der Waals surface area contributed by atoms with E-state index in [1.807, 2.05) is 4.90 Å². The van der Waals surface area contributed by atoms with Gasteiger partial charge >= 0.3 is 0 Å². The maximum absolute atomic E-state index is 15.0. The number of carbonyl (C=O) groups is 3. The minimum Gasteiger partial charge on any atom is -0.493 e. The first-order valence-corrected chi connectivity index (χ1v) is 11.0. The molecule has 3 amide bonds. The molecule has 0 aliphatic carbocycles. The van der Waals surface area contributed by atoms with Crippen molar-refractivity contribution < 1.29 is 27.9 Å². The topological polar surface area (TPSA) is 95.3 Å². The van der Waals surface area contributed by atoms with Gasteiger partial charge in [-0.05, 0) is 24.1 Å². The number of halogens is 1. The van der Waals surface area contributed by atoms with Crippen LogP contribution in [0.3, 0.4) is 0 Å². The Hall–Kier alpha value is -3.40. The van der Waals surface area contributed by atoms with Crippen LogP contribution in [0.1, 0.15) is 34.5 Å². The van der Waals surface area contributed by atoms with Gasteiger partial charge in [0.25, 0.3) is 5.91 Å². The highest BCUT2D eigenvalue weighted by Crippen LogP contribution is 2.33.